The van der Waals surface area contributed by atoms with Crippen LogP contribution >= 0.6 is 11.6 Å². The van der Waals surface area contributed by atoms with E-state index < -0.39 is 29.0 Å². The Labute approximate surface area is 216 Å². The molecule has 3 heterocycles. The Morgan fingerprint density at radius 1 is 1.41 bits per heavy atom. The maximum atomic E-state index is 14.1. The molecule has 1 aromatic carbocycles. The summed E-state index contributed by atoms with van der Waals surface area (Å²) >= 11 is 6.22. The van der Waals surface area contributed by atoms with Crippen molar-refractivity contribution in [3.05, 3.63) is 52.2 Å². The minimum atomic E-state index is -1.09. The van der Waals surface area contributed by atoms with Gasteiger partial charge in [-0.2, -0.15) is 15.2 Å². The third kappa shape index (κ3) is 3.96. The number of benzene rings is 1. The van der Waals surface area contributed by atoms with E-state index in [0.29, 0.717) is 41.2 Å². The third-order valence-corrected chi connectivity index (χ3v) is 7.79. The molecule has 37 heavy (non-hydrogen) atoms. The number of methoxy groups -OCH3 is 1. The summed E-state index contributed by atoms with van der Waals surface area (Å²) in [5.74, 6) is -2.36. The molecule has 2 aromatic rings. The number of rotatable bonds is 4. The molecule has 0 radical (unpaired) electrons. The molecule has 2 unspecified atom stereocenters. The number of nitrogens with zero attached hydrogens (tertiary/aromatic N) is 5. The average molecular weight is 529 g/mol. The molecule has 2 aliphatic heterocycles. The molecule has 12 heteroatoms. The van der Waals surface area contributed by atoms with E-state index in [9.17, 15) is 23.6 Å². The summed E-state index contributed by atoms with van der Waals surface area (Å²) in [6, 6.07) is 4.39. The summed E-state index contributed by atoms with van der Waals surface area (Å²) in [4.78, 5) is 38.0. The first-order chi connectivity index (χ1) is 17.7. The first-order valence-electron chi connectivity index (χ1n) is 11.7. The highest BCUT2D eigenvalue weighted by atomic mass is 35.5. The second kappa shape index (κ2) is 9.27. The van der Waals surface area contributed by atoms with Crippen LogP contribution in [-0.4, -0.2) is 59.5 Å². The lowest BCUT2D eigenvalue weighted by Gasteiger charge is -2.42. The lowest BCUT2D eigenvalue weighted by Crippen LogP contribution is -2.56. The van der Waals surface area contributed by atoms with E-state index in [1.165, 1.54) is 18.1 Å². The Kier molecular flexibility index (Phi) is 6.23. The second-order valence-corrected chi connectivity index (χ2v) is 9.70. The Hall–Kier alpha value is -3.78. The molecule has 1 N–H and O–H groups in total. The Bertz CT molecular complexity index is 1380. The van der Waals surface area contributed by atoms with Crippen LogP contribution < -0.4 is 15.0 Å². The highest BCUT2D eigenvalue weighted by Crippen LogP contribution is 2.49. The summed E-state index contributed by atoms with van der Waals surface area (Å²) in [7, 11) is 1.43. The Morgan fingerprint density at radius 3 is 2.89 bits per heavy atom. The number of piperazine rings is 1. The van der Waals surface area contributed by atoms with Crippen LogP contribution in [0.25, 0.3) is 0 Å². The number of fused-ring (bicyclic) bond motifs is 3. The van der Waals surface area contributed by atoms with Crippen molar-refractivity contribution >= 4 is 34.9 Å². The number of amides is 2. The van der Waals surface area contributed by atoms with Crippen LogP contribution in [0.4, 0.5) is 20.3 Å². The predicted octanol–water partition coefficient (Wildman–Crippen LogP) is 3.07. The van der Waals surface area contributed by atoms with E-state index >= 15 is 0 Å². The van der Waals surface area contributed by atoms with Crippen LogP contribution in [0.15, 0.2) is 24.5 Å². The second-order valence-electron chi connectivity index (χ2n) is 9.32. The zero-order valence-electron chi connectivity index (χ0n) is 20.0. The van der Waals surface area contributed by atoms with Crippen molar-refractivity contribution in [2.45, 2.75) is 37.1 Å². The summed E-state index contributed by atoms with van der Waals surface area (Å²) in [6.07, 6.45) is 1.10. The molecule has 9 nitrogen and oxygen atoms in total. The largest absolute Gasteiger partial charge is 0.467 e. The number of hydrogen-bond donors (Lipinski definition) is 1. The molecule has 1 fully saturated rings. The quantitative estimate of drug-likeness (QED) is 0.607. The van der Waals surface area contributed by atoms with Gasteiger partial charge in [-0.1, -0.05) is 24.2 Å². The molecule has 1 aliphatic carbocycles. The number of halogens is 3. The van der Waals surface area contributed by atoms with Crippen molar-refractivity contribution in [3.8, 4) is 12.1 Å². The molecular weight excluding hydrogens is 506 g/mol. The van der Waals surface area contributed by atoms with Gasteiger partial charge in [0.2, 0.25) is 5.91 Å². The van der Waals surface area contributed by atoms with E-state index in [1.54, 1.807) is 6.07 Å². The minimum absolute atomic E-state index is 0.0243. The molecule has 2 amide bonds. The number of ether oxygens (including phenoxy) is 1. The predicted molar refractivity (Wildman–Crippen MR) is 131 cm³/mol. The monoisotopic (exact) mass is 528 g/mol. The van der Waals surface area contributed by atoms with Gasteiger partial charge in [0.25, 0.3) is 5.91 Å². The number of carbonyl (C=O) groups excluding carboxylic acids is 2. The first kappa shape index (κ1) is 24.9. The molecular formula is C25H23ClF2N6O3. The van der Waals surface area contributed by atoms with Gasteiger partial charge in [0.15, 0.2) is 11.6 Å². The van der Waals surface area contributed by atoms with Crippen LogP contribution in [-0.2, 0) is 27.8 Å². The molecule has 1 saturated heterocycles. The fourth-order valence-electron chi connectivity index (χ4n) is 5.58. The maximum Gasteiger partial charge on any atom is 0.318 e. The Morgan fingerprint density at radius 2 is 2.19 bits per heavy atom. The van der Waals surface area contributed by atoms with Crippen LogP contribution in [0.1, 0.15) is 29.7 Å². The van der Waals surface area contributed by atoms with Crippen molar-refractivity contribution in [2.75, 3.05) is 37.0 Å². The van der Waals surface area contributed by atoms with Crippen molar-refractivity contribution in [2.24, 2.45) is 0 Å². The van der Waals surface area contributed by atoms with Gasteiger partial charge in [0, 0.05) is 26.1 Å². The van der Waals surface area contributed by atoms with Gasteiger partial charge < -0.3 is 19.9 Å². The number of nitriles is 1. The van der Waals surface area contributed by atoms with Gasteiger partial charge in [0.05, 0.1) is 41.8 Å². The summed E-state index contributed by atoms with van der Waals surface area (Å²) in [5, 5.41) is 12.3. The van der Waals surface area contributed by atoms with Crippen LogP contribution in [0.3, 0.4) is 0 Å². The smallest absolute Gasteiger partial charge is 0.318 e. The van der Waals surface area contributed by atoms with E-state index in [1.807, 2.05) is 11.0 Å². The zero-order chi connectivity index (χ0) is 26.5. The maximum absolute atomic E-state index is 14.1. The minimum Gasteiger partial charge on any atom is -0.467 e. The summed E-state index contributed by atoms with van der Waals surface area (Å²) in [5.41, 5.74) is 1.28. The Balaban J connectivity index is 1.53. The van der Waals surface area contributed by atoms with Crippen molar-refractivity contribution in [3.63, 3.8) is 0 Å². The van der Waals surface area contributed by atoms with Crippen LogP contribution in [0, 0.1) is 17.1 Å². The molecule has 1 spiro atoms. The number of carbonyl (C=O) groups is 2. The van der Waals surface area contributed by atoms with Crippen LogP contribution in [0.5, 0.6) is 6.01 Å². The van der Waals surface area contributed by atoms with E-state index in [2.05, 4.69) is 21.9 Å². The van der Waals surface area contributed by atoms with E-state index in [-0.39, 0.29) is 49.4 Å². The summed E-state index contributed by atoms with van der Waals surface area (Å²) in [6.45, 7) is 3.66. The van der Waals surface area contributed by atoms with Crippen LogP contribution in [0.2, 0.25) is 5.02 Å². The lowest BCUT2D eigenvalue weighted by molar-refractivity contribution is -0.131. The van der Waals surface area contributed by atoms with Crippen molar-refractivity contribution in [1.82, 2.24) is 14.9 Å². The number of nitrogens with one attached hydrogen (secondary N) is 1. The SMILES string of the molecule is C=C(F)C(=O)N1CCN(c2nc(OC)nc3c2NC(=O)C2(CCc4c2ccc(F)c4Cl)C3)CC1CC#N. The van der Waals surface area contributed by atoms with E-state index in [0.717, 1.165) is 0 Å². The van der Waals surface area contributed by atoms with Gasteiger partial charge in [-0.3, -0.25) is 9.59 Å². The van der Waals surface area contributed by atoms with Gasteiger partial charge >= 0.3 is 6.01 Å². The molecule has 5 rings (SSSR count). The zero-order valence-corrected chi connectivity index (χ0v) is 20.7. The molecule has 0 saturated carbocycles. The van der Waals surface area contributed by atoms with E-state index in [4.69, 9.17) is 16.3 Å². The lowest BCUT2D eigenvalue weighted by atomic mass is 9.74. The van der Waals surface area contributed by atoms with Gasteiger partial charge in [-0.25, -0.2) is 8.78 Å². The molecule has 0 bridgehead atoms. The van der Waals surface area contributed by atoms with Gasteiger partial charge in [-0.05, 0) is 30.0 Å². The molecule has 2 atom stereocenters. The average Bonchev–Trinajstić information content (AvgIpc) is 3.25. The van der Waals surface area contributed by atoms with Crippen molar-refractivity contribution in [1.29, 1.82) is 5.26 Å². The van der Waals surface area contributed by atoms with Gasteiger partial charge in [-0.15, -0.1) is 0 Å². The highest BCUT2D eigenvalue weighted by molar-refractivity contribution is 6.31. The molecule has 3 aliphatic rings. The van der Waals surface area contributed by atoms with Gasteiger partial charge in [0.1, 0.15) is 11.5 Å². The number of aromatic nitrogens is 2. The first-order valence-corrected chi connectivity index (χ1v) is 12.1. The van der Waals surface area contributed by atoms with Crippen molar-refractivity contribution < 1.29 is 23.1 Å². The number of anilines is 2. The fourth-order valence-corrected chi connectivity index (χ4v) is 5.84. The molecule has 192 valence electrons. The summed E-state index contributed by atoms with van der Waals surface area (Å²) < 4.78 is 33.0. The standard InChI is InChI=1S/C25H23ClF2N6O3/c1-13(27)22(35)34-10-9-33(12-14(34)6-8-29)21-20-18(30-24(32-21)37-2)11-25(23(36)31-20)7-5-15-16(25)3-4-17(28)19(15)26/h3-4,14H,1,5-7,9-12H2,2H3,(H,31,36). The highest BCUT2D eigenvalue weighted by Gasteiger charge is 2.50. The molecule has 1 aromatic heterocycles. The number of hydrogen-bond acceptors (Lipinski definition) is 7. The third-order valence-electron chi connectivity index (χ3n) is 7.38. The normalized spacial score (nSPS) is 22.2. The fraction of sp³-hybridized carbons (Fsp3) is 0.400. The topological polar surface area (TPSA) is 111 Å².